The standard InChI is InChI=1S/C21H17F2N3O3/c22-16-9-15(10-17(23)11-16)19-4-5-20(27)26(24-19)12-14-2-1-3-18(8-14)25-6-7-29-13-21(25)28/h1-5,8-11H,6-7,12-13H2. The summed E-state index contributed by atoms with van der Waals surface area (Å²) in [5, 5.41) is 4.25. The molecule has 29 heavy (non-hydrogen) atoms. The molecule has 0 unspecified atom stereocenters. The van der Waals surface area contributed by atoms with Gasteiger partial charge in [0.1, 0.15) is 18.2 Å². The van der Waals surface area contributed by atoms with Gasteiger partial charge in [0.25, 0.3) is 11.5 Å². The number of halogens is 2. The smallest absolute Gasteiger partial charge is 0.267 e. The van der Waals surface area contributed by atoms with E-state index in [0.717, 1.165) is 23.8 Å². The molecule has 0 atom stereocenters. The molecule has 2 heterocycles. The largest absolute Gasteiger partial charge is 0.370 e. The van der Waals surface area contributed by atoms with Gasteiger partial charge < -0.3 is 9.64 Å². The number of carbonyl (C=O) groups is 1. The fourth-order valence-corrected chi connectivity index (χ4v) is 3.20. The average molecular weight is 397 g/mol. The number of benzene rings is 2. The van der Waals surface area contributed by atoms with Gasteiger partial charge in [0.15, 0.2) is 0 Å². The number of rotatable bonds is 4. The fourth-order valence-electron chi connectivity index (χ4n) is 3.20. The summed E-state index contributed by atoms with van der Waals surface area (Å²) >= 11 is 0. The topological polar surface area (TPSA) is 64.4 Å². The van der Waals surface area contributed by atoms with Crippen LogP contribution in [0.15, 0.2) is 59.4 Å². The Morgan fingerprint density at radius 3 is 2.55 bits per heavy atom. The molecule has 8 heteroatoms. The van der Waals surface area contributed by atoms with E-state index in [0.29, 0.717) is 18.8 Å². The normalized spacial score (nSPS) is 14.3. The van der Waals surface area contributed by atoms with Crippen molar-refractivity contribution in [3.63, 3.8) is 0 Å². The molecule has 6 nitrogen and oxygen atoms in total. The molecular formula is C21H17F2N3O3. The number of morpholine rings is 1. The Balaban J connectivity index is 1.64. The third-order valence-corrected chi connectivity index (χ3v) is 4.57. The summed E-state index contributed by atoms with van der Waals surface area (Å²) in [6.45, 7) is 1.11. The predicted octanol–water partition coefficient (Wildman–Crippen LogP) is 2.60. The van der Waals surface area contributed by atoms with Gasteiger partial charge in [-0.1, -0.05) is 12.1 Å². The number of hydrogen-bond donors (Lipinski definition) is 0. The van der Waals surface area contributed by atoms with Gasteiger partial charge in [-0.05, 0) is 35.9 Å². The lowest BCUT2D eigenvalue weighted by Crippen LogP contribution is -2.41. The SMILES string of the molecule is O=C1COCCN1c1cccc(Cn2nc(-c3cc(F)cc(F)c3)ccc2=O)c1. The van der Waals surface area contributed by atoms with Gasteiger partial charge in [0.05, 0.1) is 18.8 Å². The van der Waals surface area contributed by atoms with Crippen LogP contribution in [-0.2, 0) is 16.1 Å². The van der Waals surface area contributed by atoms with Gasteiger partial charge in [-0.2, -0.15) is 5.10 Å². The molecular weight excluding hydrogens is 380 g/mol. The number of carbonyl (C=O) groups excluding carboxylic acids is 1. The van der Waals surface area contributed by atoms with E-state index >= 15 is 0 Å². The van der Waals surface area contributed by atoms with Gasteiger partial charge in [-0.25, -0.2) is 13.5 Å². The highest BCUT2D eigenvalue weighted by atomic mass is 19.1. The number of aromatic nitrogens is 2. The van der Waals surface area contributed by atoms with Crippen molar-refractivity contribution >= 4 is 11.6 Å². The summed E-state index contributed by atoms with van der Waals surface area (Å²) < 4.78 is 33.4. The van der Waals surface area contributed by atoms with Crippen LogP contribution in [-0.4, -0.2) is 35.4 Å². The third-order valence-electron chi connectivity index (χ3n) is 4.57. The minimum Gasteiger partial charge on any atom is -0.370 e. The van der Waals surface area contributed by atoms with Gasteiger partial charge >= 0.3 is 0 Å². The van der Waals surface area contributed by atoms with Crippen molar-refractivity contribution in [2.75, 3.05) is 24.7 Å². The second kappa shape index (κ2) is 7.92. The van der Waals surface area contributed by atoms with E-state index < -0.39 is 11.6 Å². The molecule has 0 saturated carbocycles. The van der Waals surface area contributed by atoms with E-state index in [-0.39, 0.29) is 35.9 Å². The molecule has 0 spiro atoms. The highest BCUT2D eigenvalue weighted by molar-refractivity contribution is 5.94. The molecule has 148 valence electrons. The zero-order valence-electron chi connectivity index (χ0n) is 15.3. The summed E-state index contributed by atoms with van der Waals surface area (Å²) in [4.78, 5) is 25.9. The zero-order chi connectivity index (χ0) is 20.4. The van der Waals surface area contributed by atoms with Gasteiger partial charge in [-0.3, -0.25) is 9.59 Å². The van der Waals surface area contributed by atoms with Crippen molar-refractivity contribution in [3.8, 4) is 11.3 Å². The lowest BCUT2D eigenvalue weighted by Gasteiger charge is -2.27. The van der Waals surface area contributed by atoms with Gasteiger partial charge in [0, 0.05) is 29.9 Å². The van der Waals surface area contributed by atoms with Crippen LogP contribution in [0.4, 0.5) is 14.5 Å². The summed E-state index contributed by atoms with van der Waals surface area (Å²) in [7, 11) is 0. The number of amides is 1. The van der Waals surface area contributed by atoms with Crippen LogP contribution in [0.5, 0.6) is 0 Å². The molecule has 0 aliphatic carbocycles. The first-order valence-electron chi connectivity index (χ1n) is 9.01. The van der Waals surface area contributed by atoms with E-state index in [1.165, 1.54) is 16.8 Å². The van der Waals surface area contributed by atoms with Crippen molar-refractivity contribution in [1.29, 1.82) is 0 Å². The number of nitrogens with zero attached hydrogens (tertiary/aromatic N) is 3. The molecule has 1 amide bonds. The molecule has 1 aliphatic heterocycles. The molecule has 2 aromatic carbocycles. The molecule has 1 aromatic heterocycles. The second-order valence-electron chi connectivity index (χ2n) is 6.64. The maximum absolute atomic E-state index is 13.5. The van der Waals surface area contributed by atoms with Crippen molar-refractivity contribution in [2.24, 2.45) is 0 Å². The molecule has 3 aromatic rings. The van der Waals surface area contributed by atoms with Gasteiger partial charge in [-0.15, -0.1) is 0 Å². The quantitative estimate of drug-likeness (QED) is 0.679. The van der Waals surface area contributed by atoms with E-state index in [1.807, 2.05) is 18.2 Å². The fraction of sp³-hybridized carbons (Fsp3) is 0.190. The molecule has 1 saturated heterocycles. The Bertz CT molecular complexity index is 1110. The molecule has 0 bridgehead atoms. The highest BCUT2D eigenvalue weighted by Crippen LogP contribution is 2.20. The Labute approximate surface area is 165 Å². The summed E-state index contributed by atoms with van der Waals surface area (Å²) in [5.74, 6) is -1.57. The van der Waals surface area contributed by atoms with Gasteiger partial charge in [0.2, 0.25) is 0 Å². The van der Waals surface area contributed by atoms with Crippen molar-refractivity contribution in [1.82, 2.24) is 9.78 Å². The van der Waals surface area contributed by atoms with Crippen molar-refractivity contribution in [3.05, 3.63) is 82.1 Å². The zero-order valence-corrected chi connectivity index (χ0v) is 15.3. The second-order valence-corrected chi connectivity index (χ2v) is 6.64. The lowest BCUT2D eigenvalue weighted by molar-refractivity contribution is -0.125. The number of hydrogen-bond acceptors (Lipinski definition) is 4. The Morgan fingerprint density at radius 1 is 1.00 bits per heavy atom. The first-order valence-corrected chi connectivity index (χ1v) is 9.01. The Hall–Kier alpha value is -3.39. The third kappa shape index (κ3) is 4.22. The highest BCUT2D eigenvalue weighted by Gasteiger charge is 2.20. The maximum Gasteiger partial charge on any atom is 0.267 e. The maximum atomic E-state index is 13.5. The van der Waals surface area contributed by atoms with E-state index in [9.17, 15) is 18.4 Å². The first kappa shape index (κ1) is 18.9. The van der Waals surface area contributed by atoms with Crippen LogP contribution in [0, 0.1) is 11.6 Å². The lowest BCUT2D eigenvalue weighted by atomic mass is 10.1. The molecule has 4 rings (SSSR count). The monoisotopic (exact) mass is 397 g/mol. The van der Waals surface area contributed by atoms with Crippen LogP contribution in [0.2, 0.25) is 0 Å². The van der Waals surface area contributed by atoms with E-state index in [4.69, 9.17) is 4.74 Å². The van der Waals surface area contributed by atoms with Crippen molar-refractivity contribution in [2.45, 2.75) is 6.54 Å². The first-order chi connectivity index (χ1) is 14.0. The average Bonchev–Trinajstić information content (AvgIpc) is 2.69. The number of ether oxygens (including phenoxy) is 1. The van der Waals surface area contributed by atoms with Crippen molar-refractivity contribution < 1.29 is 18.3 Å². The van der Waals surface area contributed by atoms with E-state index in [2.05, 4.69) is 5.10 Å². The summed E-state index contributed by atoms with van der Waals surface area (Å²) in [5.41, 5.74) is 1.65. The summed E-state index contributed by atoms with van der Waals surface area (Å²) in [6, 6.07) is 13.1. The summed E-state index contributed by atoms with van der Waals surface area (Å²) in [6.07, 6.45) is 0. The molecule has 0 radical (unpaired) electrons. The minimum absolute atomic E-state index is 0.0392. The molecule has 0 N–H and O–H groups in total. The van der Waals surface area contributed by atoms with Crippen LogP contribution in [0.3, 0.4) is 0 Å². The minimum atomic E-state index is -0.720. The van der Waals surface area contributed by atoms with Crippen LogP contribution < -0.4 is 10.5 Å². The van der Waals surface area contributed by atoms with Crippen LogP contribution in [0.25, 0.3) is 11.3 Å². The van der Waals surface area contributed by atoms with Crippen LogP contribution in [0.1, 0.15) is 5.56 Å². The van der Waals surface area contributed by atoms with E-state index in [1.54, 1.807) is 11.0 Å². The Morgan fingerprint density at radius 2 is 1.79 bits per heavy atom. The Kier molecular flexibility index (Phi) is 5.18. The molecule has 1 aliphatic rings. The predicted molar refractivity (Wildman–Crippen MR) is 103 cm³/mol. The number of anilines is 1. The van der Waals surface area contributed by atoms with Crippen LogP contribution >= 0.6 is 0 Å². The molecule has 1 fully saturated rings.